The van der Waals surface area contributed by atoms with E-state index in [2.05, 4.69) is 22.5 Å². The minimum Gasteiger partial charge on any atom is -0.300 e. The highest BCUT2D eigenvalue weighted by molar-refractivity contribution is 7.80. The highest BCUT2D eigenvalue weighted by Gasteiger charge is 2.11. The molecule has 0 saturated heterocycles. The van der Waals surface area contributed by atoms with Gasteiger partial charge in [0, 0.05) is 11.9 Å². The molecule has 66 valence electrons. The summed E-state index contributed by atoms with van der Waals surface area (Å²) in [6.45, 7) is 0. The zero-order valence-electron chi connectivity index (χ0n) is 7.44. The number of thiol groups is 1. The van der Waals surface area contributed by atoms with Gasteiger partial charge in [-0.3, -0.25) is 4.98 Å². The van der Waals surface area contributed by atoms with Gasteiger partial charge in [0.15, 0.2) is 0 Å². The third-order valence-corrected chi connectivity index (χ3v) is 2.17. The van der Waals surface area contributed by atoms with E-state index in [1.807, 2.05) is 38.5 Å². The van der Waals surface area contributed by atoms with E-state index in [1.165, 1.54) is 0 Å². The fourth-order valence-electron chi connectivity index (χ4n) is 1.09. The van der Waals surface area contributed by atoms with Gasteiger partial charge in [0.25, 0.3) is 0 Å². The zero-order valence-corrected chi connectivity index (χ0v) is 8.33. The molecule has 0 amide bonds. The van der Waals surface area contributed by atoms with Crippen LogP contribution in [0.15, 0.2) is 24.4 Å². The third-order valence-electron chi connectivity index (χ3n) is 1.83. The number of aromatic nitrogens is 1. The van der Waals surface area contributed by atoms with Gasteiger partial charge in [-0.05, 0) is 26.2 Å². The minimum absolute atomic E-state index is 0.314. The molecule has 0 saturated carbocycles. The molecule has 1 aromatic heterocycles. The lowest BCUT2D eigenvalue weighted by Crippen LogP contribution is -2.22. The van der Waals surface area contributed by atoms with E-state index in [0.29, 0.717) is 6.04 Å². The van der Waals surface area contributed by atoms with E-state index >= 15 is 0 Å². The molecular formula is C9H14N2S. The van der Waals surface area contributed by atoms with Crippen LogP contribution in [0.4, 0.5) is 0 Å². The summed E-state index contributed by atoms with van der Waals surface area (Å²) < 4.78 is 0. The van der Waals surface area contributed by atoms with Crippen molar-refractivity contribution in [2.24, 2.45) is 0 Å². The van der Waals surface area contributed by atoms with Crippen molar-refractivity contribution < 1.29 is 0 Å². The van der Waals surface area contributed by atoms with Crippen molar-refractivity contribution in [3.8, 4) is 0 Å². The van der Waals surface area contributed by atoms with Crippen molar-refractivity contribution in [2.45, 2.75) is 6.04 Å². The summed E-state index contributed by atoms with van der Waals surface area (Å²) in [7, 11) is 4.07. The standard InChI is InChI=1S/C9H14N2S/c1-11(2)9(7-12)8-5-3-4-6-10-8/h3-6,9,12H,7H2,1-2H3. The van der Waals surface area contributed by atoms with Crippen LogP contribution >= 0.6 is 12.6 Å². The van der Waals surface area contributed by atoms with Crippen LogP contribution in [-0.2, 0) is 0 Å². The molecule has 0 aliphatic heterocycles. The van der Waals surface area contributed by atoms with Crippen LogP contribution in [0.3, 0.4) is 0 Å². The summed E-state index contributed by atoms with van der Waals surface area (Å²) in [5, 5.41) is 0. The quantitative estimate of drug-likeness (QED) is 0.715. The van der Waals surface area contributed by atoms with Crippen LogP contribution in [0.5, 0.6) is 0 Å². The maximum atomic E-state index is 4.28. The van der Waals surface area contributed by atoms with Gasteiger partial charge in [-0.1, -0.05) is 6.07 Å². The van der Waals surface area contributed by atoms with Crippen LogP contribution in [0.25, 0.3) is 0 Å². The van der Waals surface area contributed by atoms with Crippen molar-refractivity contribution >= 4 is 12.6 Å². The van der Waals surface area contributed by atoms with Gasteiger partial charge in [0.2, 0.25) is 0 Å². The first-order valence-corrected chi connectivity index (χ1v) is 4.57. The van der Waals surface area contributed by atoms with Gasteiger partial charge in [-0.15, -0.1) is 0 Å². The lowest BCUT2D eigenvalue weighted by molar-refractivity contribution is 0.320. The number of hydrogen-bond acceptors (Lipinski definition) is 3. The minimum atomic E-state index is 0.314. The molecule has 0 aromatic carbocycles. The first kappa shape index (κ1) is 9.55. The van der Waals surface area contributed by atoms with Crippen LogP contribution < -0.4 is 0 Å². The molecule has 0 fully saturated rings. The molecule has 1 heterocycles. The Morgan fingerprint density at radius 1 is 1.50 bits per heavy atom. The van der Waals surface area contributed by atoms with E-state index in [9.17, 15) is 0 Å². The van der Waals surface area contributed by atoms with Gasteiger partial charge in [-0.2, -0.15) is 12.6 Å². The van der Waals surface area contributed by atoms with Gasteiger partial charge < -0.3 is 4.90 Å². The SMILES string of the molecule is CN(C)C(CS)c1ccccn1. The number of hydrogen-bond donors (Lipinski definition) is 1. The normalized spacial score (nSPS) is 13.3. The summed E-state index contributed by atoms with van der Waals surface area (Å²) in [5.74, 6) is 0.796. The first-order chi connectivity index (χ1) is 5.75. The molecule has 1 rings (SSSR count). The van der Waals surface area contributed by atoms with Crippen molar-refractivity contribution in [1.29, 1.82) is 0 Å². The number of rotatable bonds is 3. The molecule has 0 aliphatic rings. The average Bonchev–Trinajstić information content (AvgIpc) is 2.07. The van der Waals surface area contributed by atoms with Crippen LogP contribution in [-0.4, -0.2) is 29.7 Å². The third kappa shape index (κ3) is 2.22. The van der Waals surface area contributed by atoms with E-state index in [0.717, 1.165) is 11.4 Å². The maximum absolute atomic E-state index is 4.28. The molecule has 1 atom stereocenters. The number of pyridine rings is 1. The monoisotopic (exact) mass is 182 g/mol. The molecule has 1 aromatic rings. The van der Waals surface area contributed by atoms with E-state index < -0.39 is 0 Å². The Labute approximate surface area is 79.0 Å². The summed E-state index contributed by atoms with van der Waals surface area (Å²) in [5.41, 5.74) is 1.08. The highest BCUT2D eigenvalue weighted by Crippen LogP contribution is 2.15. The van der Waals surface area contributed by atoms with Gasteiger partial charge in [0.05, 0.1) is 11.7 Å². The number of nitrogens with zero attached hydrogens (tertiary/aromatic N) is 2. The fourth-order valence-corrected chi connectivity index (χ4v) is 1.61. The fraction of sp³-hybridized carbons (Fsp3) is 0.444. The Hall–Kier alpha value is -0.540. The molecule has 0 bridgehead atoms. The Morgan fingerprint density at radius 3 is 2.67 bits per heavy atom. The smallest absolute Gasteiger partial charge is 0.0604 e. The maximum Gasteiger partial charge on any atom is 0.0604 e. The molecule has 0 N–H and O–H groups in total. The Kier molecular flexibility index (Phi) is 3.56. The van der Waals surface area contributed by atoms with E-state index in [4.69, 9.17) is 0 Å². The Morgan fingerprint density at radius 2 is 2.25 bits per heavy atom. The average molecular weight is 182 g/mol. The highest BCUT2D eigenvalue weighted by atomic mass is 32.1. The van der Waals surface area contributed by atoms with Crippen LogP contribution in [0.2, 0.25) is 0 Å². The molecular weight excluding hydrogens is 168 g/mol. The van der Waals surface area contributed by atoms with Crippen LogP contribution in [0, 0.1) is 0 Å². The molecule has 0 radical (unpaired) electrons. The van der Waals surface area contributed by atoms with E-state index in [1.54, 1.807) is 0 Å². The Bertz CT molecular complexity index is 223. The van der Waals surface area contributed by atoms with Gasteiger partial charge in [-0.25, -0.2) is 0 Å². The zero-order chi connectivity index (χ0) is 8.97. The van der Waals surface area contributed by atoms with Crippen molar-refractivity contribution in [3.63, 3.8) is 0 Å². The van der Waals surface area contributed by atoms with Gasteiger partial charge in [0.1, 0.15) is 0 Å². The molecule has 0 aliphatic carbocycles. The second-order valence-electron chi connectivity index (χ2n) is 2.92. The topological polar surface area (TPSA) is 16.1 Å². The largest absolute Gasteiger partial charge is 0.300 e. The van der Waals surface area contributed by atoms with Crippen LogP contribution in [0.1, 0.15) is 11.7 Å². The van der Waals surface area contributed by atoms with Gasteiger partial charge >= 0.3 is 0 Å². The predicted octanol–water partition coefficient (Wildman–Crippen LogP) is 1.61. The molecule has 12 heavy (non-hydrogen) atoms. The summed E-state index contributed by atoms with van der Waals surface area (Å²) in [6, 6.07) is 6.27. The molecule has 0 spiro atoms. The lowest BCUT2D eigenvalue weighted by Gasteiger charge is -2.21. The summed E-state index contributed by atoms with van der Waals surface area (Å²) in [6.07, 6.45) is 1.81. The molecule has 3 heteroatoms. The molecule has 1 unspecified atom stereocenters. The Balaban J connectivity index is 2.80. The van der Waals surface area contributed by atoms with Crippen molar-refractivity contribution in [3.05, 3.63) is 30.1 Å². The summed E-state index contributed by atoms with van der Waals surface area (Å²) >= 11 is 4.28. The lowest BCUT2D eigenvalue weighted by atomic mass is 10.2. The van der Waals surface area contributed by atoms with Crippen molar-refractivity contribution in [2.75, 3.05) is 19.8 Å². The van der Waals surface area contributed by atoms with E-state index in [-0.39, 0.29) is 0 Å². The second-order valence-corrected chi connectivity index (χ2v) is 3.28. The van der Waals surface area contributed by atoms with Crippen molar-refractivity contribution in [1.82, 2.24) is 9.88 Å². The second kappa shape index (κ2) is 4.48. The first-order valence-electron chi connectivity index (χ1n) is 3.94. The molecule has 2 nitrogen and oxygen atoms in total. The predicted molar refractivity (Wildman–Crippen MR) is 54.5 cm³/mol. The summed E-state index contributed by atoms with van der Waals surface area (Å²) in [4.78, 5) is 6.40.